The fraction of sp³-hybridized carbons (Fsp3) is 0.650. The number of likely N-dealkylation sites (tertiary alicyclic amines) is 1. The number of amides is 1. The Balaban J connectivity index is 1.58. The second kappa shape index (κ2) is 9.57. The third kappa shape index (κ3) is 5.92. The number of nitrogens with one attached hydrogen (secondary N) is 2. The lowest BCUT2D eigenvalue weighted by molar-refractivity contribution is -0.126. The van der Waals surface area contributed by atoms with Crippen LogP contribution >= 0.6 is 11.6 Å². The maximum Gasteiger partial charge on any atom is 0.240 e. The molecule has 0 spiro atoms. The van der Waals surface area contributed by atoms with Crippen LogP contribution in [0.4, 0.5) is 0 Å². The molecule has 2 fully saturated rings. The van der Waals surface area contributed by atoms with Crippen LogP contribution in [0.25, 0.3) is 0 Å². The third-order valence-electron chi connectivity index (χ3n) is 5.70. The molecule has 1 aromatic rings. The summed E-state index contributed by atoms with van der Waals surface area (Å²) >= 11 is 5.85. The van der Waals surface area contributed by atoms with Crippen molar-refractivity contribution in [1.82, 2.24) is 14.9 Å². The van der Waals surface area contributed by atoms with E-state index >= 15 is 0 Å². The van der Waals surface area contributed by atoms with Crippen molar-refractivity contribution in [1.29, 1.82) is 0 Å². The van der Waals surface area contributed by atoms with Crippen LogP contribution in [0.2, 0.25) is 5.02 Å². The van der Waals surface area contributed by atoms with Gasteiger partial charge in [0, 0.05) is 30.2 Å². The number of halogens is 1. The van der Waals surface area contributed by atoms with Gasteiger partial charge >= 0.3 is 0 Å². The number of sulfonamides is 1. The van der Waals surface area contributed by atoms with Crippen LogP contribution in [0.15, 0.2) is 29.2 Å². The van der Waals surface area contributed by atoms with E-state index in [1.165, 1.54) is 31.4 Å². The van der Waals surface area contributed by atoms with Crippen molar-refractivity contribution in [2.24, 2.45) is 5.92 Å². The van der Waals surface area contributed by atoms with Crippen molar-refractivity contribution in [2.75, 3.05) is 20.1 Å². The number of likely N-dealkylation sites (N-methyl/N-ethyl adjacent to an activating group) is 1. The number of nitrogens with zero attached hydrogens (tertiary/aromatic N) is 1. The zero-order valence-electron chi connectivity index (χ0n) is 16.4. The van der Waals surface area contributed by atoms with E-state index in [2.05, 4.69) is 10.0 Å². The highest BCUT2D eigenvalue weighted by Crippen LogP contribution is 2.22. The zero-order chi connectivity index (χ0) is 20.1. The van der Waals surface area contributed by atoms with Crippen molar-refractivity contribution >= 4 is 27.5 Å². The minimum absolute atomic E-state index is 0.100. The summed E-state index contributed by atoms with van der Waals surface area (Å²) in [7, 11) is -1.67. The van der Waals surface area contributed by atoms with Crippen LogP contribution in [0.3, 0.4) is 0 Å². The first-order valence-electron chi connectivity index (χ1n) is 10.1. The predicted molar refractivity (Wildman–Crippen MR) is 111 cm³/mol. The highest BCUT2D eigenvalue weighted by Gasteiger charge is 2.30. The van der Waals surface area contributed by atoms with Crippen LogP contribution in [-0.4, -0.2) is 51.4 Å². The minimum atomic E-state index is -3.61. The van der Waals surface area contributed by atoms with Gasteiger partial charge < -0.3 is 10.2 Å². The van der Waals surface area contributed by atoms with Gasteiger partial charge in [0.05, 0.1) is 10.8 Å². The molecule has 1 amide bonds. The monoisotopic (exact) mass is 427 g/mol. The van der Waals surface area contributed by atoms with Crippen molar-refractivity contribution in [3.8, 4) is 0 Å². The summed E-state index contributed by atoms with van der Waals surface area (Å²) < 4.78 is 28.1. The highest BCUT2D eigenvalue weighted by atomic mass is 35.5. The molecule has 1 heterocycles. The molecular formula is C20H30ClN3O3S. The average molecular weight is 428 g/mol. The van der Waals surface area contributed by atoms with Crippen LogP contribution < -0.4 is 10.0 Å². The van der Waals surface area contributed by atoms with Crippen LogP contribution in [0.5, 0.6) is 0 Å². The van der Waals surface area contributed by atoms with Crippen LogP contribution in [0.1, 0.15) is 44.9 Å². The molecule has 28 heavy (non-hydrogen) atoms. The molecule has 2 atom stereocenters. The van der Waals surface area contributed by atoms with Crippen LogP contribution in [-0.2, 0) is 14.8 Å². The van der Waals surface area contributed by atoms with E-state index in [1.54, 1.807) is 12.1 Å². The molecule has 0 bridgehead atoms. The summed E-state index contributed by atoms with van der Waals surface area (Å²) in [5.41, 5.74) is 0. The van der Waals surface area contributed by atoms with E-state index in [9.17, 15) is 13.2 Å². The van der Waals surface area contributed by atoms with Crippen molar-refractivity contribution < 1.29 is 13.2 Å². The fourth-order valence-corrected chi connectivity index (χ4v) is 5.58. The van der Waals surface area contributed by atoms with E-state index in [0.29, 0.717) is 37.0 Å². The molecular weight excluding hydrogens is 398 g/mol. The normalized spacial score (nSPS) is 25.2. The van der Waals surface area contributed by atoms with E-state index in [0.717, 1.165) is 12.8 Å². The van der Waals surface area contributed by atoms with Gasteiger partial charge in [0.2, 0.25) is 15.9 Å². The lowest BCUT2D eigenvalue weighted by Gasteiger charge is -2.26. The summed E-state index contributed by atoms with van der Waals surface area (Å²) in [6.45, 7) is 1.23. The van der Waals surface area contributed by atoms with Gasteiger partial charge in [0.25, 0.3) is 0 Å². The smallest absolute Gasteiger partial charge is 0.240 e. The van der Waals surface area contributed by atoms with Gasteiger partial charge in [-0.3, -0.25) is 4.79 Å². The molecule has 0 radical (unpaired) electrons. The Kier molecular flexibility index (Phi) is 7.36. The summed E-state index contributed by atoms with van der Waals surface area (Å²) in [4.78, 5) is 15.0. The minimum Gasteiger partial charge on any atom is -0.353 e. The molecule has 1 aromatic carbocycles. The summed E-state index contributed by atoms with van der Waals surface area (Å²) in [5.74, 6) is 0.0110. The van der Waals surface area contributed by atoms with Gasteiger partial charge in [-0.1, -0.05) is 30.9 Å². The number of carbonyl (C=O) groups excluding carboxylic acids is 1. The van der Waals surface area contributed by atoms with E-state index in [1.807, 2.05) is 11.9 Å². The van der Waals surface area contributed by atoms with Crippen molar-refractivity contribution in [2.45, 2.75) is 61.9 Å². The van der Waals surface area contributed by atoms with Gasteiger partial charge in [-0.25, -0.2) is 13.1 Å². The zero-order valence-corrected chi connectivity index (χ0v) is 17.9. The van der Waals surface area contributed by atoms with E-state index < -0.39 is 10.0 Å². The number of hydrogen-bond acceptors (Lipinski definition) is 4. The molecule has 1 saturated carbocycles. The van der Waals surface area contributed by atoms with Gasteiger partial charge in [-0.15, -0.1) is 0 Å². The Morgan fingerprint density at radius 3 is 2.36 bits per heavy atom. The van der Waals surface area contributed by atoms with Crippen molar-refractivity contribution in [3.05, 3.63) is 29.3 Å². The molecule has 0 unspecified atom stereocenters. The maximum absolute atomic E-state index is 12.7. The molecule has 8 heteroatoms. The third-order valence-corrected chi connectivity index (χ3v) is 7.48. The Labute approximate surface area is 173 Å². The van der Waals surface area contributed by atoms with Gasteiger partial charge in [0.1, 0.15) is 0 Å². The SMILES string of the molecule is CN1C[C@@H](NS(=O)(=O)c2ccc(Cl)cc2)CC[C@@H](C(=O)NC2CCCCC2)C1. The summed E-state index contributed by atoms with van der Waals surface area (Å²) in [5, 5.41) is 3.71. The largest absolute Gasteiger partial charge is 0.353 e. The molecule has 3 rings (SSSR count). The molecule has 2 N–H and O–H groups in total. The quantitative estimate of drug-likeness (QED) is 0.757. The van der Waals surface area contributed by atoms with Gasteiger partial charge in [-0.05, 0) is 57.0 Å². The summed E-state index contributed by atoms with van der Waals surface area (Å²) in [6.07, 6.45) is 7.08. The topological polar surface area (TPSA) is 78.5 Å². The molecule has 0 aromatic heterocycles. The molecule has 156 valence electrons. The number of carbonyl (C=O) groups is 1. The molecule has 1 aliphatic carbocycles. The first kappa shape index (κ1) is 21.6. The molecule has 1 saturated heterocycles. The van der Waals surface area contributed by atoms with E-state index in [-0.39, 0.29) is 22.8 Å². The van der Waals surface area contributed by atoms with Gasteiger partial charge in [0.15, 0.2) is 0 Å². The number of benzene rings is 1. The maximum atomic E-state index is 12.7. The number of hydrogen-bond donors (Lipinski definition) is 2. The molecule has 1 aliphatic heterocycles. The fourth-order valence-electron chi connectivity index (χ4n) is 4.19. The second-order valence-electron chi connectivity index (χ2n) is 8.11. The number of rotatable bonds is 5. The van der Waals surface area contributed by atoms with E-state index in [4.69, 9.17) is 11.6 Å². The van der Waals surface area contributed by atoms with Gasteiger partial charge in [-0.2, -0.15) is 0 Å². The Morgan fingerprint density at radius 2 is 1.68 bits per heavy atom. The van der Waals surface area contributed by atoms with Crippen molar-refractivity contribution in [3.63, 3.8) is 0 Å². The van der Waals surface area contributed by atoms with Crippen LogP contribution in [0, 0.1) is 5.92 Å². The first-order valence-corrected chi connectivity index (χ1v) is 12.0. The molecule has 6 nitrogen and oxygen atoms in total. The standard InChI is InChI=1S/C20H30ClN3O3S/c1-24-13-15(20(25)22-17-5-3-2-4-6-17)7-10-18(14-24)23-28(26,27)19-11-8-16(21)9-12-19/h8-9,11-12,15,17-18,23H,2-7,10,13-14H2,1H3,(H,22,25)/t15-,18+/m1/s1. The Bertz CT molecular complexity index is 763. The summed E-state index contributed by atoms with van der Waals surface area (Å²) in [6, 6.07) is 6.23. The first-order chi connectivity index (χ1) is 13.3. The second-order valence-corrected chi connectivity index (χ2v) is 10.3. The highest BCUT2D eigenvalue weighted by molar-refractivity contribution is 7.89. The lowest BCUT2D eigenvalue weighted by atomic mass is 9.94. The average Bonchev–Trinajstić information content (AvgIpc) is 2.83. The molecule has 2 aliphatic rings. The Hall–Kier alpha value is -1.15. The predicted octanol–water partition coefficient (Wildman–Crippen LogP) is 2.78. The Morgan fingerprint density at radius 1 is 1.00 bits per heavy atom. The lowest BCUT2D eigenvalue weighted by Crippen LogP contribution is -2.43.